The van der Waals surface area contributed by atoms with Crippen LogP contribution in [-0.4, -0.2) is 11.3 Å². The molecule has 3 aliphatic rings. The predicted octanol–water partition coefficient (Wildman–Crippen LogP) is 4.70. The standard InChI is InChI=1S/C25H23N3/c1-17-5-4-14-25-22(23(26)16-27-24(17)25)13-12-21(28-25)11-9-18-8-10-19-6-2-3-7-20(19)15-18/h2-8,10,12-16,28H,9,11,26H2,1H3. The lowest BCUT2D eigenvalue weighted by Gasteiger charge is -2.42. The van der Waals surface area contributed by atoms with E-state index in [0.29, 0.717) is 0 Å². The van der Waals surface area contributed by atoms with Crippen LogP contribution in [0.15, 0.2) is 107 Å². The first kappa shape index (κ1) is 16.8. The molecular weight excluding hydrogens is 342 g/mol. The molecule has 0 saturated carbocycles. The minimum Gasteiger partial charge on any atom is -0.397 e. The summed E-state index contributed by atoms with van der Waals surface area (Å²) in [5.74, 6) is 0. The minimum absolute atomic E-state index is 0.439. The molecule has 1 atom stereocenters. The molecule has 0 saturated heterocycles. The van der Waals surface area contributed by atoms with E-state index in [4.69, 9.17) is 5.73 Å². The van der Waals surface area contributed by atoms with E-state index in [1.807, 2.05) is 0 Å². The molecule has 2 heterocycles. The van der Waals surface area contributed by atoms with Crippen LogP contribution in [0.1, 0.15) is 18.9 Å². The van der Waals surface area contributed by atoms with E-state index in [2.05, 4.69) is 90.1 Å². The third kappa shape index (κ3) is 2.63. The van der Waals surface area contributed by atoms with E-state index in [1.165, 1.54) is 27.6 Å². The molecule has 2 aliphatic heterocycles. The molecule has 28 heavy (non-hydrogen) atoms. The Bertz CT molecular complexity index is 1160. The number of nitrogens with two attached hydrogens (primary N) is 1. The van der Waals surface area contributed by atoms with Gasteiger partial charge in [-0.05, 0) is 53.8 Å². The average molecular weight is 365 g/mol. The number of allylic oxidation sites excluding steroid dienone is 5. The fourth-order valence-electron chi connectivity index (χ4n) is 4.35. The summed E-state index contributed by atoms with van der Waals surface area (Å²) in [5.41, 5.74) is 12.4. The Morgan fingerprint density at radius 1 is 1.00 bits per heavy atom. The van der Waals surface area contributed by atoms with E-state index in [9.17, 15) is 0 Å². The number of nitrogens with one attached hydrogen (secondary N) is 1. The highest BCUT2D eigenvalue weighted by Gasteiger charge is 2.43. The summed E-state index contributed by atoms with van der Waals surface area (Å²) in [6, 6.07) is 15.2. The van der Waals surface area contributed by atoms with Crippen LogP contribution in [-0.2, 0) is 6.42 Å². The van der Waals surface area contributed by atoms with Crippen molar-refractivity contribution in [1.82, 2.24) is 5.32 Å². The highest BCUT2D eigenvalue weighted by Crippen LogP contribution is 2.37. The molecule has 1 aliphatic carbocycles. The van der Waals surface area contributed by atoms with Crippen LogP contribution in [0.3, 0.4) is 0 Å². The van der Waals surface area contributed by atoms with E-state index < -0.39 is 5.54 Å². The van der Waals surface area contributed by atoms with Crippen LogP contribution in [0, 0.1) is 0 Å². The van der Waals surface area contributed by atoms with Crippen LogP contribution in [0.4, 0.5) is 0 Å². The Balaban J connectivity index is 1.41. The zero-order valence-electron chi connectivity index (χ0n) is 15.9. The first-order valence-corrected chi connectivity index (χ1v) is 9.74. The number of nitrogens with zero attached hydrogens (tertiary/aromatic N) is 1. The van der Waals surface area contributed by atoms with Gasteiger partial charge >= 0.3 is 0 Å². The van der Waals surface area contributed by atoms with Gasteiger partial charge in [-0.3, -0.25) is 4.99 Å². The molecule has 3 nitrogen and oxygen atoms in total. The number of aryl methyl sites for hydroxylation is 1. The Labute approximate surface area is 165 Å². The number of rotatable bonds is 3. The third-order valence-electron chi connectivity index (χ3n) is 5.81. The summed E-state index contributed by atoms with van der Waals surface area (Å²) in [7, 11) is 0. The highest BCUT2D eigenvalue weighted by molar-refractivity contribution is 6.13. The Morgan fingerprint density at radius 2 is 1.86 bits per heavy atom. The van der Waals surface area contributed by atoms with Crippen molar-refractivity contribution in [3.8, 4) is 0 Å². The van der Waals surface area contributed by atoms with Gasteiger partial charge in [0, 0.05) is 11.3 Å². The number of benzene rings is 2. The van der Waals surface area contributed by atoms with Gasteiger partial charge in [0.2, 0.25) is 0 Å². The average Bonchev–Trinajstić information content (AvgIpc) is 2.72. The molecule has 1 spiro atoms. The first-order chi connectivity index (χ1) is 13.7. The number of dihydropyridines is 1. The third-order valence-corrected chi connectivity index (χ3v) is 5.81. The van der Waals surface area contributed by atoms with Crippen LogP contribution < -0.4 is 11.1 Å². The lowest BCUT2D eigenvalue weighted by Crippen LogP contribution is -2.56. The summed E-state index contributed by atoms with van der Waals surface area (Å²) in [4.78, 5) is 4.65. The second-order valence-corrected chi connectivity index (χ2v) is 7.66. The highest BCUT2D eigenvalue weighted by atomic mass is 15.0. The molecule has 3 N–H and O–H groups in total. The van der Waals surface area contributed by atoms with Crippen LogP contribution >= 0.6 is 0 Å². The molecule has 0 aromatic heterocycles. The van der Waals surface area contributed by atoms with Gasteiger partial charge in [-0.1, -0.05) is 60.7 Å². The smallest absolute Gasteiger partial charge is 0.126 e. The molecule has 5 rings (SSSR count). The molecule has 138 valence electrons. The van der Waals surface area contributed by atoms with Crippen molar-refractivity contribution >= 4 is 16.5 Å². The van der Waals surface area contributed by atoms with Crippen molar-refractivity contribution in [3.63, 3.8) is 0 Å². The van der Waals surface area contributed by atoms with E-state index in [-0.39, 0.29) is 0 Å². The van der Waals surface area contributed by atoms with Gasteiger partial charge < -0.3 is 11.1 Å². The summed E-state index contributed by atoms with van der Waals surface area (Å²) < 4.78 is 0. The molecule has 0 fully saturated rings. The second kappa shape index (κ2) is 6.38. The fourth-order valence-corrected chi connectivity index (χ4v) is 4.35. The molecule has 3 heteroatoms. The monoisotopic (exact) mass is 365 g/mol. The summed E-state index contributed by atoms with van der Waals surface area (Å²) in [6.45, 7) is 2.10. The van der Waals surface area contributed by atoms with Crippen LogP contribution in [0.2, 0.25) is 0 Å². The van der Waals surface area contributed by atoms with Crippen molar-refractivity contribution in [1.29, 1.82) is 0 Å². The number of hydrogen-bond acceptors (Lipinski definition) is 3. The summed E-state index contributed by atoms with van der Waals surface area (Å²) >= 11 is 0. The van der Waals surface area contributed by atoms with Crippen LogP contribution in [0.25, 0.3) is 10.8 Å². The van der Waals surface area contributed by atoms with Gasteiger partial charge in [-0.25, -0.2) is 0 Å². The zero-order chi connectivity index (χ0) is 19.1. The quantitative estimate of drug-likeness (QED) is 0.829. The van der Waals surface area contributed by atoms with Crippen molar-refractivity contribution in [2.75, 3.05) is 0 Å². The largest absolute Gasteiger partial charge is 0.397 e. The molecule has 2 aromatic carbocycles. The van der Waals surface area contributed by atoms with Crippen LogP contribution in [0.5, 0.6) is 0 Å². The molecular formula is C25H23N3. The Morgan fingerprint density at radius 3 is 2.75 bits per heavy atom. The molecule has 0 radical (unpaired) electrons. The van der Waals surface area contributed by atoms with Gasteiger partial charge in [0.25, 0.3) is 0 Å². The van der Waals surface area contributed by atoms with Gasteiger partial charge in [-0.2, -0.15) is 0 Å². The Hall–Kier alpha value is -3.33. The summed E-state index contributed by atoms with van der Waals surface area (Å²) in [5, 5.41) is 6.33. The maximum Gasteiger partial charge on any atom is 0.126 e. The maximum atomic E-state index is 6.26. The fraction of sp³-hybridized carbons (Fsp3) is 0.160. The normalized spacial score (nSPS) is 22.8. The zero-order valence-corrected chi connectivity index (χ0v) is 15.9. The predicted molar refractivity (Wildman–Crippen MR) is 117 cm³/mol. The molecule has 0 amide bonds. The Kier molecular flexibility index (Phi) is 3.83. The van der Waals surface area contributed by atoms with Crippen molar-refractivity contribution in [3.05, 3.63) is 107 Å². The molecule has 2 aromatic rings. The first-order valence-electron chi connectivity index (χ1n) is 9.74. The maximum absolute atomic E-state index is 6.26. The number of hydrogen-bond donors (Lipinski definition) is 2. The molecule has 1 unspecified atom stereocenters. The van der Waals surface area contributed by atoms with Gasteiger partial charge in [0.15, 0.2) is 0 Å². The summed E-state index contributed by atoms with van der Waals surface area (Å²) in [6.07, 6.45) is 14.4. The lowest BCUT2D eigenvalue weighted by atomic mass is 9.74. The minimum atomic E-state index is -0.439. The number of aliphatic imine (C=N–C) groups is 1. The van der Waals surface area contributed by atoms with Crippen molar-refractivity contribution in [2.45, 2.75) is 25.3 Å². The van der Waals surface area contributed by atoms with E-state index in [1.54, 1.807) is 6.20 Å². The SMILES string of the molecule is CC1=CC=CC23NC(CCc4ccc5ccccc5c4)=CC=C2C(N)=CN=C13. The number of fused-ring (bicyclic) bond motifs is 1. The van der Waals surface area contributed by atoms with Gasteiger partial charge in [0.05, 0.1) is 17.6 Å². The van der Waals surface area contributed by atoms with Gasteiger partial charge in [-0.15, -0.1) is 0 Å². The second-order valence-electron chi connectivity index (χ2n) is 7.66. The van der Waals surface area contributed by atoms with E-state index >= 15 is 0 Å². The van der Waals surface area contributed by atoms with Crippen molar-refractivity contribution < 1.29 is 0 Å². The topological polar surface area (TPSA) is 50.4 Å². The van der Waals surface area contributed by atoms with Crippen molar-refractivity contribution in [2.24, 2.45) is 10.7 Å². The lowest BCUT2D eigenvalue weighted by molar-refractivity contribution is 0.611. The molecule has 0 bridgehead atoms. The van der Waals surface area contributed by atoms with E-state index in [0.717, 1.165) is 29.8 Å². The van der Waals surface area contributed by atoms with Gasteiger partial charge in [0.1, 0.15) is 5.54 Å².